The van der Waals surface area contributed by atoms with Crippen LogP contribution in [-0.2, 0) is 28.7 Å². The van der Waals surface area contributed by atoms with E-state index in [4.69, 9.17) is 9.47 Å². The summed E-state index contributed by atoms with van der Waals surface area (Å²) in [6, 6.07) is 6.85. The lowest BCUT2D eigenvalue weighted by Crippen LogP contribution is -2.58. The molecule has 246 valence electrons. The molecule has 3 aliphatic heterocycles. The number of esters is 1. The average Bonchev–Trinajstić information content (AvgIpc) is 3.64. The van der Waals surface area contributed by atoms with E-state index in [1.165, 1.54) is 4.90 Å². The molecule has 8 atom stereocenters. The van der Waals surface area contributed by atoms with E-state index in [1.54, 1.807) is 24.0 Å². The summed E-state index contributed by atoms with van der Waals surface area (Å²) in [5, 5.41) is 13.2. The lowest BCUT2D eigenvalue weighted by atomic mass is 9.70. The lowest BCUT2D eigenvalue weighted by Gasteiger charge is -2.38. The molecule has 0 aliphatic carbocycles. The molecule has 3 amide bonds. The van der Waals surface area contributed by atoms with Gasteiger partial charge in [-0.1, -0.05) is 78.2 Å². The van der Waals surface area contributed by atoms with Crippen molar-refractivity contribution in [1.82, 2.24) is 15.1 Å². The van der Waals surface area contributed by atoms with Crippen molar-refractivity contribution in [2.24, 2.45) is 11.8 Å². The number of likely N-dealkylation sites (tertiary alicyclic amines) is 1. The Hall–Kier alpha value is -3.02. The number of fused-ring (bicyclic) bond motifs is 1. The Bertz CT molecular complexity index is 1250. The second-order valence-corrected chi connectivity index (χ2v) is 13.4. The number of carbonyl (C=O) groups excluding carboxylic acids is 4. The minimum Gasteiger partial charge on any atom is -0.463 e. The van der Waals surface area contributed by atoms with Gasteiger partial charge >= 0.3 is 5.97 Å². The molecule has 45 heavy (non-hydrogen) atoms. The largest absolute Gasteiger partial charge is 0.463 e. The number of rotatable bonds is 17. The second-order valence-electron chi connectivity index (χ2n) is 12.2. The molecule has 1 unspecified atom stereocenters. The summed E-state index contributed by atoms with van der Waals surface area (Å²) in [5.74, 6) is -3.30. The minimum atomic E-state index is -1.25. The molecule has 1 spiro atoms. The summed E-state index contributed by atoms with van der Waals surface area (Å²) in [7, 11) is 0. The molecule has 3 aliphatic rings. The van der Waals surface area contributed by atoms with Crippen LogP contribution in [0.3, 0.4) is 0 Å². The van der Waals surface area contributed by atoms with Gasteiger partial charge in [-0.05, 0) is 31.7 Å². The molecule has 0 radical (unpaired) electrons. The van der Waals surface area contributed by atoms with E-state index in [0.29, 0.717) is 25.9 Å². The number of halogens is 1. The highest BCUT2D eigenvalue weighted by Gasteiger charge is 2.77. The number of benzene rings is 1. The number of allylic oxidation sites excluding steroid dienone is 1. The molecule has 3 heterocycles. The number of nitrogens with zero attached hydrogens (tertiary/aromatic N) is 2. The second kappa shape index (κ2) is 15.5. The highest BCUT2D eigenvalue weighted by Crippen LogP contribution is 2.60. The summed E-state index contributed by atoms with van der Waals surface area (Å²) in [4.78, 5) is 58.0. The number of ether oxygens (including phenoxy) is 2. The van der Waals surface area contributed by atoms with Crippen molar-refractivity contribution in [3.63, 3.8) is 0 Å². The minimum absolute atomic E-state index is 0.0888. The van der Waals surface area contributed by atoms with Gasteiger partial charge in [0.25, 0.3) is 0 Å². The van der Waals surface area contributed by atoms with E-state index in [0.717, 1.165) is 24.8 Å². The molecule has 0 aromatic heterocycles. The van der Waals surface area contributed by atoms with Gasteiger partial charge in [0.2, 0.25) is 17.7 Å². The Morgan fingerprint density at radius 1 is 1.24 bits per heavy atom. The maximum absolute atomic E-state index is 14.4. The van der Waals surface area contributed by atoms with E-state index in [-0.39, 0.29) is 36.3 Å². The molecule has 1 aromatic rings. The smallest absolute Gasteiger partial charge is 0.306 e. The van der Waals surface area contributed by atoms with Gasteiger partial charge in [-0.15, -0.1) is 13.2 Å². The predicted octanol–water partition coefficient (Wildman–Crippen LogP) is 3.69. The monoisotopic (exact) mass is 687 g/mol. The third-order valence-corrected chi connectivity index (χ3v) is 10.0. The first-order chi connectivity index (χ1) is 21.6. The predicted molar refractivity (Wildman–Crippen MR) is 173 cm³/mol. The van der Waals surface area contributed by atoms with Crippen LogP contribution in [-0.4, -0.2) is 93.5 Å². The average molecular weight is 689 g/mol. The molecule has 10 nitrogen and oxygen atoms in total. The van der Waals surface area contributed by atoms with E-state index in [2.05, 4.69) is 41.3 Å². The fraction of sp³-hybridized carbons (Fsp3) is 0.588. The molecular formula is C34H46BrN3O7. The van der Waals surface area contributed by atoms with Crippen molar-refractivity contribution in [2.75, 3.05) is 26.3 Å². The third-order valence-electron chi connectivity index (χ3n) is 9.18. The van der Waals surface area contributed by atoms with Crippen molar-refractivity contribution in [3.05, 3.63) is 61.2 Å². The van der Waals surface area contributed by atoms with Crippen LogP contribution in [0.15, 0.2) is 55.6 Å². The number of hydrogen-bond acceptors (Lipinski definition) is 7. The maximum Gasteiger partial charge on any atom is 0.306 e. The molecule has 3 saturated heterocycles. The number of aliphatic hydroxyl groups excluding tert-OH is 1. The number of nitrogens with one attached hydrogen (secondary N) is 1. The third kappa shape index (κ3) is 7.05. The molecule has 2 N–H and O–H groups in total. The quantitative estimate of drug-likeness (QED) is 0.111. The van der Waals surface area contributed by atoms with Crippen molar-refractivity contribution < 1.29 is 33.8 Å². The van der Waals surface area contributed by atoms with Crippen LogP contribution in [0.25, 0.3) is 0 Å². The van der Waals surface area contributed by atoms with Crippen molar-refractivity contribution in [3.8, 4) is 0 Å². The fourth-order valence-electron chi connectivity index (χ4n) is 7.02. The van der Waals surface area contributed by atoms with Crippen molar-refractivity contribution >= 4 is 39.6 Å². The summed E-state index contributed by atoms with van der Waals surface area (Å²) in [5.41, 5.74) is -0.507. The topological polar surface area (TPSA) is 125 Å². The SMILES string of the molecule is C=CCCC(=O)OC[C@@H](NC(=O)[C@H]1[C@@H]2O[C@@]3(CC2Br)[C@@H]1C(=O)N([C@H](C)CO)[C@@H]3C(=O)N(CC=C)CCCCC)c1ccccc1. The van der Waals surface area contributed by atoms with Gasteiger partial charge in [0.05, 0.1) is 36.6 Å². The van der Waals surface area contributed by atoms with Crippen molar-refractivity contribution in [2.45, 2.75) is 87.0 Å². The summed E-state index contributed by atoms with van der Waals surface area (Å²) >= 11 is 3.71. The molecule has 4 rings (SSSR count). The number of unbranched alkanes of at least 4 members (excludes halogenated alkanes) is 2. The van der Waals surface area contributed by atoms with Gasteiger partial charge in [-0.3, -0.25) is 19.2 Å². The first kappa shape index (κ1) is 34.8. The van der Waals surface area contributed by atoms with E-state index >= 15 is 0 Å². The van der Waals surface area contributed by atoms with Crippen LogP contribution in [0.2, 0.25) is 0 Å². The van der Waals surface area contributed by atoms with Gasteiger partial charge < -0.3 is 29.7 Å². The van der Waals surface area contributed by atoms with Gasteiger partial charge in [0.15, 0.2) is 0 Å². The summed E-state index contributed by atoms with van der Waals surface area (Å²) in [6.45, 7) is 11.6. The van der Waals surface area contributed by atoms with E-state index < -0.39 is 53.5 Å². The number of alkyl halides is 1. The number of amides is 3. The zero-order valence-electron chi connectivity index (χ0n) is 26.2. The van der Waals surface area contributed by atoms with Gasteiger partial charge in [0.1, 0.15) is 18.2 Å². The van der Waals surface area contributed by atoms with Gasteiger partial charge in [0, 0.05) is 24.3 Å². The highest BCUT2D eigenvalue weighted by atomic mass is 79.9. The van der Waals surface area contributed by atoms with Crippen LogP contribution in [0.1, 0.15) is 64.0 Å². The van der Waals surface area contributed by atoms with Crippen LogP contribution >= 0.6 is 15.9 Å². The molecule has 0 saturated carbocycles. The highest BCUT2D eigenvalue weighted by molar-refractivity contribution is 9.09. The zero-order chi connectivity index (χ0) is 32.7. The zero-order valence-corrected chi connectivity index (χ0v) is 27.8. The fourth-order valence-corrected chi connectivity index (χ4v) is 7.97. The molecule has 11 heteroatoms. The maximum atomic E-state index is 14.4. The first-order valence-corrected chi connectivity index (χ1v) is 16.8. The number of carbonyl (C=O) groups is 4. The standard InChI is InChI=1S/C34H46BrN3O7/c1-5-8-13-18-37(17-7-3)33(43)30-34-19-24(35)29(45-34)27(28(34)32(42)38(30)22(4)20-39)31(41)36-25(23-14-11-10-12-15-23)21-44-26(40)16-9-6-2/h6-7,10-12,14-15,22,24-25,27-30,39H,2-3,5,8-9,13,16-21H2,1,4H3,(H,36,41)/t22-,24?,25-,27-,28+,29-,30-,34+/m1/s1. The van der Waals surface area contributed by atoms with E-state index in [9.17, 15) is 24.3 Å². The Morgan fingerprint density at radius 3 is 2.62 bits per heavy atom. The van der Waals surface area contributed by atoms with E-state index in [1.807, 2.05) is 30.3 Å². The first-order valence-electron chi connectivity index (χ1n) is 15.9. The molecule has 1 aromatic carbocycles. The van der Waals surface area contributed by atoms with Crippen LogP contribution in [0.4, 0.5) is 0 Å². The van der Waals surface area contributed by atoms with Crippen LogP contribution < -0.4 is 5.32 Å². The molecule has 2 bridgehead atoms. The van der Waals surface area contributed by atoms with Gasteiger partial charge in [-0.25, -0.2) is 0 Å². The van der Waals surface area contributed by atoms with Crippen LogP contribution in [0, 0.1) is 11.8 Å². The summed E-state index contributed by atoms with van der Waals surface area (Å²) in [6.07, 6.45) is 6.41. The normalized spacial score (nSPS) is 27.9. The van der Waals surface area contributed by atoms with Crippen molar-refractivity contribution in [1.29, 1.82) is 0 Å². The van der Waals surface area contributed by atoms with Gasteiger partial charge in [-0.2, -0.15) is 0 Å². The molecular weight excluding hydrogens is 642 g/mol. The Balaban J connectivity index is 1.65. The number of hydrogen-bond donors (Lipinski definition) is 2. The molecule has 3 fully saturated rings. The van der Waals surface area contributed by atoms with Crippen LogP contribution in [0.5, 0.6) is 0 Å². The number of aliphatic hydroxyl groups is 1. The lowest BCUT2D eigenvalue weighted by molar-refractivity contribution is -0.150. The Labute approximate surface area is 274 Å². The summed E-state index contributed by atoms with van der Waals surface area (Å²) < 4.78 is 12.1. The Morgan fingerprint density at radius 2 is 1.98 bits per heavy atom. The Kier molecular flexibility index (Phi) is 12.0.